The van der Waals surface area contributed by atoms with Crippen LogP contribution in [0.4, 0.5) is 14.5 Å². The Labute approximate surface area is 168 Å². The first kappa shape index (κ1) is 20.5. The van der Waals surface area contributed by atoms with Gasteiger partial charge >= 0.3 is 0 Å². The Balaban J connectivity index is 0.00000225. The lowest BCUT2D eigenvalue weighted by molar-refractivity contribution is 0.0739. The van der Waals surface area contributed by atoms with Crippen LogP contribution in [0.15, 0.2) is 30.5 Å². The number of piperidine rings is 1. The van der Waals surface area contributed by atoms with Gasteiger partial charge in [0.2, 0.25) is 0 Å². The number of hydrogen-bond donors (Lipinski definition) is 1. The van der Waals surface area contributed by atoms with E-state index < -0.39 is 11.6 Å². The molecule has 1 N–H and O–H groups in total. The van der Waals surface area contributed by atoms with Crippen molar-refractivity contribution in [3.8, 4) is 0 Å². The Bertz CT molecular complexity index is 816. The summed E-state index contributed by atoms with van der Waals surface area (Å²) in [4.78, 5) is 16.2. The van der Waals surface area contributed by atoms with Crippen LogP contribution < -0.4 is 10.2 Å². The van der Waals surface area contributed by atoms with Crippen molar-refractivity contribution < 1.29 is 13.6 Å². The minimum absolute atomic E-state index is 0. The molecule has 0 spiro atoms. The first-order chi connectivity index (χ1) is 13.1. The van der Waals surface area contributed by atoms with E-state index in [-0.39, 0.29) is 30.0 Å². The summed E-state index contributed by atoms with van der Waals surface area (Å²) in [5.74, 6) is -1.03. The highest BCUT2D eigenvalue weighted by atomic mass is 35.5. The number of carbonyl (C=O) groups is 1. The van der Waals surface area contributed by atoms with Gasteiger partial charge in [0, 0.05) is 45.0 Å². The maximum absolute atomic E-state index is 13.9. The Morgan fingerprint density at radius 1 is 1.14 bits per heavy atom. The molecule has 2 fully saturated rings. The van der Waals surface area contributed by atoms with Gasteiger partial charge < -0.3 is 15.1 Å². The van der Waals surface area contributed by atoms with Crippen LogP contribution >= 0.6 is 12.4 Å². The van der Waals surface area contributed by atoms with Crippen molar-refractivity contribution in [1.82, 2.24) is 20.0 Å². The zero-order valence-corrected chi connectivity index (χ0v) is 16.3. The molecule has 1 unspecified atom stereocenters. The Morgan fingerprint density at radius 2 is 1.93 bits per heavy atom. The number of piperazine rings is 1. The number of carbonyl (C=O) groups excluding carboxylic acids is 1. The molecule has 3 heterocycles. The second-order valence-electron chi connectivity index (χ2n) is 7.06. The van der Waals surface area contributed by atoms with Crippen molar-refractivity contribution in [2.45, 2.75) is 18.9 Å². The maximum Gasteiger partial charge on any atom is 0.274 e. The van der Waals surface area contributed by atoms with Crippen LogP contribution in [0.5, 0.6) is 0 Å². The Kier molecular flexibility index (Phi) is 6.51. The molecule has 152 valence electrons. The van der Waals surface area contributed by atoms with Gasteiger partial charge in [-0.1, -0.05) is 0 Å². The van der Waals surface area contributed by atoms with Gasteiger partial charge in [-0.3, -0.25) is 9.48 Å². The molecule has 1 aromatic carbocycles. The van der Waals surface area contributed by atoms with Gasteiger partial charge in [-0.05, 0) is 37.6 Å². The fraction of sp³-hybridized carbons (Fsp3) is 0.474. The number of aromatic nitrogens is 2. The zero-order chi connectivity index (χ0) is 18.8. The standard InChI is InChI=1S/C19H23F2N5O.ClH/c20-14-3-4-16(21)18(12-14)24-8-10-25(11-9-24)19(27)17-5-7-26(23-17)15-2-1-6-22-13-15;/h3-5,7,12,15,22H,1-2,6,8-11,13H2;1H. The Morgan fingerprint density at radius 3 is 2.64 bits per heavy atom. The normalized spacial score (nSPS) is 20.0. The molecule has 4 rings (SSSR count). The number of rotatable bonds is 3. The van der Waals surface area contributed by atoms with E-state index in [1.165, 1.54) is 6.07 Å². The summed E-state index contributed by atoms with van der Waals surface area (Å²) in [5, 5.41) is 7.82. The van der Waals surface area contributed by atoms with Gasteiger partial charge in [0.15, 0.2) is 0 Å². The second-order valence-corrected chi connectivity index (χ2v) is 7.06. The van der Waals surface area contributed by atoms with Crippen LogP contribution in [0.1, 0.15) is 29.4 Å². The van der Waals surface area contributed by atoms with Crippen LogP contribution in [0.3, 0.4) is 0 Å². The molecule has 2 aliphatic heterocycles. The summed E-state index contributed by atoms with van der Waals surface area (Å²) in [6.07, 6.45) is 4.02. The summed E-state index contributed by atoms with van der Waals surface area (Å²) in [6, 6.07) is 5.49. The van der Waals surface area contributed by atoms with Crippen LogP contribution in [0.2, 0.25) is 0 Å². The summed E-state index contributed by atoms with van der Waals surface area (Å²) in [7, 11) is 0. The Hall–Kier alpha value is -2.19. The van der Waals surface area contributed by atoms with Crippen molar-refractivity contribution in [3.63, 3.8) is 0 Å². The first-order valence-electron chi connectivity index (χ1n) is 9.37. The molecule has 1 aromatic heterocycles. The molecule has 9 heteroatoms. The predicted octanol–water partition coefficient (Wildman–Crippen LogP) is 2.47. The fourth-order valence-electron chi connectivity index (χ4n) is 3.76. The third-order valence-electron chi connectivity index (χ3n) is 5.29. The van der Waals surface area contributed by atoms with Gasteiger partial charge in [0.25, 0.3) is 5.91 Å². The molecule has 2 saturated heterocycles. The molecular formula is C19H24ClF2N5O. The van der Waals surface area contributed by atoms with Gasteiger partial charge in [-0.15, -0.1) is 12.4 Å². The van der Waals surface area contributed by atoms with Crippen LogP contribution in [0.25, 0.3) is 0 Å². The van der Waals surface area contributed by atoms with E-state index in [9.17, 15) is 13.6 Å². The number of halogens is 3. The molecule has 6 nitrogen and oxygen atoms in total. The largest absolute Gasteiger partial charge is 0.366 e. The molecule has 1 amide bonds. The smallest absolute Gasteiger partial charge is 0.274 e. The molecule has 2 aliphatic rings. The SMILES string of the molecule is Cl.O=C(c1ccn(C2CCCNC2)n1)N1CCN(c2cc(F)ccc2F)CC1. The molecule has 0 aliphatic carbocycles. The monoisotopic (exact) mass is 411 g/mol. The van der Waals surface area contributed by atoms with E-state index in [0.29, 0.717) is 31.9 Å². The molecule has 0 saturated carbocycles. The maximum atomic E-state index is 13.9. The lowest BCUT2D eigenvalue weighted by Crippen LogP contribution is -2.49. The van der Waals surface area contributed by atoms with E-state index in [1.54, 1.807) is 15.9 Å². The van der Waals surface area contributed by atoms with Crippen molar-refractivity contribution in [2.24, 2.45) is 0 Å². The van der Waals surface area contributed by atoms with Gasteiger partial charge in [-0.25, -0.2) is 8.78 Å². The van der Waals surface area contributed by atoms with Crippen molar-refractivity contribution in [1.29, 1.82) is 0 Å². The quantitative estimate of drug-likeness (QED) is 0.843. The first-order valence-corrected chi connectivity index (χ1v) is 9.37. The third kappa shape index (κ3) is 4.28. The summed E-state index contributed by atoms with van der Waals surface area (Å²) in [5.41, 5.74) is 0.683. The van der Waals surface area contributed by atoms with Crippen LogP contribution in [-0.4, -0.2) is 59.9 Å². The molecule has 1 atom stereocenters. The number of hydrogen-bond acceptors (Lipinski definition) is 4. The summed E-state index contributed by atoms with van der Waals surface area (Å²) >= 11 is 0. The lowest BCUT2D eigenvalue weighted by Gasteiger charge is -2.36. The van der Waals surface area contributed by atoms with Gasteiger partial charge in [0.05, 0.1) is 11.7 Å². The van der Waals surface area contributed by atoms with E-state index in [0.717, 1.165) is 38.1 Å². The summed E-state index contributed by atoms with van der Waals surface area (Å²) < 4.78 is 29.2. The topological polar surface area (TPSA) is 53.4 Å². The molecule has 28 heavy (non-hydrogen) atoms. The lowest BCUT2D eigenvalue weighted by atomic mass is 10.1. The average molecular weight is 412 g/mol. The predicted molar refractivity (Wildman–Crippen MR) is 105 cm³/mol. The molecule has 0 radical (unpaired) electrons. The third-order valence-corrected chi connectivity index (χ3v) is 5.29. The number of benzene rings is 1. The van der Waals surface area contributed by atoms with Crippen LogP contribution in [0, 0.1) is 11.6 Å². The van der Waals surface area contributed by atoms with Gasteiger partial charge in [0.1, 0.15) is 17.3 Å². The highest BCUT2D eigenvalue weighted by Crippen LogP contribution is 2.22. The van der Waals surface area contributed by atoms with Crippen molar-refractivity contribution in [2.75, 3.05) is 44.2 Å². The van der Waals surface area contributed by atoms with E-state index in [4.69, 9.17) is 0 Å². The van der Waals surface area contributed by atoms with Gasteiger partial charge in [-0.2, -0.15) is 5.10 Å². The number of anilines is 1. The molecule has 0 bridgehead atoms. The van der Waals surface area contributed by atoms with Crippen molar-refractivity contribution in [3.05, 3.63) is 47.8 Å². The number of nitrogens with zero attached hydrogens (tertiary/aromatic N) is 4. The average Bonchev–Trinajstić information content (AvgIpc) is 3.20. The van der Waals surface area contributed by atoms with Crippen LogP contribution in [-0.2, 0) is 0 Å². The highest BCUT2D eigenvalue weighted by Gasteiger charge is 2.26. The zero-order valence-electron chi connectivity index (χ0n) is 15.5. The minimum atomic E-state index is -0.465. The number of amides is 1. The fourth-order valence-corrected chi connectivity index (χ4v) is 3.76. The highest BCUT2D eigenvalue weighted by molar-refractivity contribution is 5.92. The molecule has 2 aromatic rings. The molecular weight excluding hydrogens is 388 g/mol. The minimum Gasteiger partial charge on any atom is -0.366 e. The van der Waals surface area contributed by atoms with E-state index >= 15 is 0 Å². The van der Waals surface area contributed by atoms with E-state index in [1.807, 2.05) is 10.9 Å². The summed E-state index contributed by atoms with van der Waals surface area (Å²) in [6.45, 7) is 3.71. The van der Waals surface area contributed by atoms with Crippen molar-refractivity contribution >= 4 is 24.0 Å². The number of nitrogens with one attached hydrogen (secondary N) is 1. The second kappa shape index (κ2) is 8.87. The van der Waals surface area contributed by atoms with E-state index in [2.05, 4.69) is 10.4 Å².